The van der Waals surface area contributed by atoms with Crippen molar-refractivity contribution in [3.63, 3.8) is 0 Å². The average molecular weight is 523 g/mol. The quantitative estimate of drug-likeness (QED) is 0.0911. The summed E-state index contributed by atoms with van der Waals surface area (Å²) in [6, 6.07) is 17.1. The number of hydrogen-bond donors (Lipinski definition) is 2. The number of aromatic nitrogens is 1. The standard InChI is InChI=1S/C27H30N4O5S/c1-3-4-5-6-9-16-37(34,35)30-19-12-15-24(26(17-19)36-2)29-27-21-10-7-8-11-23(21)28-25-18-20(31(32)33)13-14-22(25)27/h7-8,10-15,17-18,30H,3-6,9,16H2,1-2H3,(H,28,29). The van der Waals surface area contributed by atoms with Gasteiger partial charge in [0.2, 0.25) is 10.0 Å². The predicted molar refractivity (Wildman–Crippen MR) is 148 cm³/mol. The highest BCUT2D eigenvalue weighted by Crippen LogP contribution is 2.38. The Morgan fingerprint density at radius 2 is 1.70 bits per heavy atom. The number of fused-ring (bicyclic) bond motifs is 2. The number of sulfonamides is 1. The van der Waals surface area contributed by atoms with Crippen molar-refractivity contribution in [1.29, 1.82) is 0 Å². The summed E-state index contributed by atoms with van der Waals surface area (Å²) in [5.74, 6) is 0.513. The van der Waals surface area contributed by atoms with E-state index in [1.807, 2.05) is 24.3 Å². The number of unbranched alkanes of at least 4 members (excludes halogenated alkanes) is 4. The lowest BCUT2D eigenvalue weighted by atomic mass is 10.1. The second kappa shape index (κ2) is 11.4. The fraction of sp³-hybridized carbons (Fsp3) is 0.296. The minimum absolute atomic E-state index is 0.0409. The van der Waals surface area contributed by atoms with Gasteiger partial charge in [0.25, 0.3) is 5.69 Å². The zero-order valence-corrected chi connectivity index (χ0v) is 21.7. The van der Waals surface area contributed by atoms with Crippen LogP contribution in [0.2, 0.25) is 0 Å². The number of non-ortho nitro benzene ring substituents is 1. The molecule has 0 saturated heterocycles. The summed E-state index contributed by atoms with van der Waals surface area (Å²) in [7, 11) is -1.96. The molecule has 1 heterocycles. The van der Waals surface area contributed by atoms with E-state index in [4.69, 9.17) is 4.74 Å². The van der Waals surface area contributed by atoms with E-state index in [-0.39, 0.29) is 11.4 Å². The molecular weight excluding hydrogens is 492 g/mol. The number of nitro benzene ring substituents is 1. The maximum Gasteiger partial charge on any atom is 0.271 e. The van der Waals surface area contributed by atoms with Gasteiger partial charge in [0.05, 0.1) is 45.9 Å². The number of anilines is 3. The van der Waals surface area contributed by atoms with Gasteiger partial charge >= 0.3 is 0 Å². The Morgan fingerprint density at radius 1 is 0.946 bits per heavy atom. The number of rotatable bonds is 12. The molecule has 0 amide bonds. The van der Waals surface area contributed by atoms with Crippen LogP contribution in [0.5, 0.6) is 5.75 Å². The van der Waals surface area contributed by atoms with Gasteiger partial charge in [-0.15, -0.1) is 0 Å². The van der Waals surface area contributed by atoms with Crippen molar-refractivity contribution in [3.8, 4) is 5.75 Å². The van der Waals surface area contributed by atoms with Crippen LogP contribution in [-0.4, -0.2) is 31.2 Å². The van der Waals surface area contributed by atoms with Crippen LogP contribution >= 0.6 is 0 Å². The number of nitro groups is 1. The normalized spacial score (nSPS) is 11.5. The molecule has 4 rings (SSSR count). The Labute approximate surface area is 216 Å². The molecule has 0 aliphatic rings. The summed E-state index contributed by atoms with van der Waals surface area (Å²) in [5.41, 5.74) is 2.87. The Balaban J connectivity index is 1.64. The first-order valence-corrected chi connectivity index (χ1v) is 13.9. The number of para-hydroxylation sites is 1. The predicted octanol–water partition coefficient (Wildman–Crippen LogP) is 6.76. The Kier molecular flexibility index (Phi) is 8.08. The molecule has 0 aliphatic carbocycles. The summed E-state index contributed by atoms with van der Waals surface area (Å²) in [5, 5.41) is 16.2. The molecule has 0 saturated carbocycles. The van der Waals surface area contributed by atoms with Crippen molar-refractivity contribution < 1.29 is 18.1 Å². The van der Waals surface area contributed by atoms with Gasteiger partial charge in [0.15, 0.2) is 0 Å². The maximum atomic E-state index is 12.6. The number of methoxy groups -OCH3 is 1. The molecule has 10 heteroatoms. The lowest BCUT2D eigenvalue weighted by Gasteiger charge is -2.17. The molecule has 0 radical (unpaired) electrons. The fourth-order valence-corrected chi connectivity index (χ4v) is 5.42. The fourth-order valence-electron chi connectivity index (χ4n) is 4.25. The SMILES string of the molecule is CCCCCCCS(=O)(=O)Nc1ccc(Nc2c3ccccc3nc3cc([N+](=O)[O-])ccc23)c(OC)c1. The molecule has 2 N–H and O–H groups in total. The van der Waals surface area contributed by atoms with Crippen LogP contribution in [0.1, 0.15) is 39.0 Å². The number of nitrogens with zero attached hydrogens (tertiary/aromatic N) is 2. The molecule has 9 nitrogen and oxygen atoms in total. The van der Waals surface area contributed by atoms with Crippen LogP contribution in [0.25, 0.3) is 21.8 Å². The van der Waals surface area contributed by atoms with Crippen molar-refractivity contribution >= 4 is 54.6 Å². The van der Waals surface area contributed by atoms with Gasteiger partial charge in [0, 0.05) is 29.0 Å². The van der Waals surface area contributed by atoms with Gasteiger partial charge in [0.1, 0.15) is 5.75 Å². The zero-order chi connectivity index (χ0) is 26.4. The second-order valence-electron chi connectivity index (χ2n) is 8.84. The van der Waals surface area contributed by atoms with E-state index >= 15 is 0 Å². The topological polar surface area (TPSA) is 123 Å². The molecule has 1 aromatic heterocycles. The largest absolute Gasteiger partial charge is 0.494 e. The van der Waals surface area contributed by atoms with E-state index < -0.39 is 14.9 Å². The smallest absolute Gasteiger partial charge is 0.271 e. The molecule has 0 unspecified atom stereocenters. The number of nitrogens with one attached hydrogen (secondary N) is 2. The third-order valence-corrected chi connectivity index (χ3v) is 7.50. The molecule has 0 atom stereocenters. The first-order valence-electron chi connectivity index (χ1n) is 12.2. The van der Waals surface area contributed by atoms with Crippen LogP contribution < -0.4 is 14.8 Å². The Hall–Kier alpha value is -3.92. The first kappa shape index (κ1) is 26.2. The summed E-state index contributed by atoms with van der Waals surface area (Å²) in [6.07, 6.45) is 4.75. The van der Waals surface area contributed by atoms with Crippen molar-refractivity contribution in [2.45, 2.75) is 39.0 Å². The van der Waals surface area contributed by atoms with Crippen LogP contribution in [-0.2, 0) is 10.0 Å². The number of ether oxygens (including phenoxy) is 1. The van der Waals surface area contributed by atoms with Crippen molar-refractivity contribution in [1.82, 2.24) is 4.98 Å². The van der Waals surface area contributed by atoms with Gasteiger partial charge in [-0.2, -0.15) is 0 Å². The lowest BCUT2D eigenvalue weighted by molar-refractivity contribution is -0.384. The highest BCUT2D eigenvalue weighted by Gasteiger charge is 2.16. The highest BCUT2D eigenvalue weighted by atomic mass is 32.2. The first-order chi connectivity index (χ1) is 17.8. The summed E-state index contributed by atoms with van der Waals surface area (Å²) >= 11 is 0. The Morgan fingerprint density at radius 3 is 2.46 bits per heavy atom. The minimum Gasteiger partial charge on any atom is -0.494 e. The van der Waals surface area contributed by atoms with Gasteiger partial charge in [-0.1, -0.05) is 50.8 Å². The number of hydrogen-bond acceptors (Lipinski definition) is 7. The molecule has 0 spiro atoms. The van der Waals surface area contributed by atoms with E-state index in [1.54, 1.807) is 24.3 Å². The monoisotopic (exact) mass is 522 g/mol. The van der Waals surface area contributed by atoms with Gasteiger partial charge in [-0.25, -0.2) is 13.4 Å². The van der Waals surface area contributed by atoms with Crippen molar-refractivity contribution in [2.24, 2.45) is 0 Å². The number of pyridine rings is 1. The third kappa shape index (κ3) is 6.26. The number of benzene rings is 3. The van der Waals surface area contributed by atoms with E-state index in [9.17, 15) is 18.5 Å². The molecule has 3 aromatic carbocycles. The molecule has 194 valence electrons. The van der Waals surface area contributed by atoms with Crippen LogP contribution in [0.4, 0.5) is 22.7 Å². The van der Waals surface area contributed by atoms with Gasteiger partial charge < -0.3 is 10.1 Å². The van der Waals surface area contributed by atoms with E-state index in [0.29, 0.717) is 45.7 Å². The van der Waals surface area contributed by atoms with E-state index in [1.165, 1.54) is 19.2 Å². The average Bonchev–Trinajstić information content (AvgIpc) is 2.88. The maximum absolute atomic E-state index is 12.6. The van der Waals surface area contributed by atoms with Gasteiger partial charge in [-0.3, -0.25) is 14.8 Å². The third-order valence-electron chi connectivity index (χ3n) is 6.13. The molecule has 0 fully saturated rings. The van der Waals surface area contributed by atoms with Crippen molar-refractivity contribution in [2.75, 3.05) is 22.9 Å². The van der Waals surface area contributed by atoms with Gasteiger partial charge in [-0.05, 0) is 30.7 Å². The molecule has 0 aliphatic heterocycles. The molecule has 0 bridgehead atoms. The molecule has 4 aromatic rings. The van der Waals surface area contributed by atoms with Crippen LogP contribution in [0.3, 0.4) is 0 Å². The van der Waals surface area contributed by atoms with Crippen LogP contribution in [0.15, 0.2) is 60.7 Å². The van der Waals surface area contributed by atoms with E-state index in [0.717, 1.165) is 31.1 Å². The lowest BCUT2D eigenvalue weighted by Crippen LogP contribution is -2.16. The summed E-state index contributed by atoms with van der Waals surface area (Å²) in [4.78, 5) is 15.5. The molecule has 37 heavy (non-hydrogen) atoms. The van der Waals surface area contributed by atoms with Crippen molar-refractivity contribution in [3.05, 3.63) is 70.8 Å². The zero-order valence-electron chi connectivity index (χ0n) is 20.9. The summed E-state index contributed by atoms with van der Waals surface area (Å²) in [6.45, 7) is 2.12. The molecular formula is C27H30N4O5S. The Bertz CT molecular complexity index is 1540. The highest BCUT2D eigenvalue weighted by molar-refractivity contribution is 7.92. The van der Waals surface area contributed by atoms with Crippen LogP contribution in [0, 0.1) is 10.1 Å². The van der Waals surface area contributed by atoms with E-state index in [2.05, 4.69) is 21.9 Å². The minimum atomic E-state index is -3.48. The second-order valence-corrected chi connectivity index (χ2v) is 10.7. The summed E-state index contributed by atoms with van der Waals surface area (Å²) < 4.78 is 33.3.